The lowest BCUT2D eigenvalue weighted by atomic mass is 10.1. The number of nitrogens with one attached hydrogen (secondary N) is 2. The number of imidazole rings is 1. The van der Waals surface area contributed by atoms with Gasteiger partial charge in [0, 0.05) is 43.8 Å². The molecule has 0 fully saturated rings. The summed E-state index contributed by atoms with van der Waals surface area (Å²) in [5.41, 5.74) is 3.89. The zero-order valence-corrected chi connectivity index (χ0v) is 23.2. The molecule has 2 aromatic carbocycles. The topological polar surface area (TPSA) is 92.9 Å². The van der Waals surface area contributed by atoms with Crippen molar-refractivity contribution in [1.82, 2.24) is 34.5 Å². The number of aryl methyl sites for hydroxylation is 1. The first-order valence-electron chi connectivity index (χ1n) is 13.5. The summed E-state index contributed by atoms with van der Waals surface area (Å²) in [6.45, 7) is 10.2. The minimum atomic E-state index is 0.0125. The Balaban J connectivity index is 1.31. The number of hydrogen-bond donors (Lipinski definition) is 2. The lowest BCUT2D eigenvalue weighted by molar-refractivity contribution is -0.120. The van der Waals surface area contributed by atoms with Crippen molar-refractivity contribution in [3.63, 3.8) is 0 Å². The molecule has 3 heterocycles. The van der Waals surface area contributed by atoms with Crippen molar-refractivity contribution in [1.29, 1.82) is 0 Å². The molecule has 0 atom stereocenters. The van der Waals surface area contributed by atoms with Gasteiger partial charge in [-0.2, -0.15) is 0 Å². The van der Waals surface area contributed by atoms with Crippen molar-refractivity contribution in [2.45, 2.75) is 46.2 Å². The minimum Gasteiger partial charge on any atom is -0.355 e. The van der Waals surface area contributed by atoms with E-state index in [-0.39, 0.29) is 5.91 Å². The SMILES string of the molecule is CC(C)N(CCNC(=O)Cc1cn(-c2ccc(Nc3nc4ccccc4n3C)nn2)c2ccccc12)C(C)C. The Bertz CT molecular complexity index is 1570. The summed E-state index contributed by atoms with van der Waals surface area (Å²) in [6.07, 6.45) is 2.29. The second-order valence-electron chi connectivity index (χ2n) is 10.4. The number of carbonyl (C=O) groups is 1. The zero-order chi connectivity index (χ0) is 27.5. The average Bonchev–Trinajstić information content (AvgIpc) is 3.44. The third-order valence-corrected chi connectivity index (χ3v) is 7.09. The molecule has 0 saturated carbocycles. The molecule has 0 saturated heterocycles. The lowest BCUT2D eigenvalue weighted by Crippen LogP contribution is -2.42. The van der Waals surface area contributed by atoms with E-state index in [0.717, 1.165) is 34.0 Å². The minimum absolute atomic E-state index is 0.0125. The fraction of sp³-hybridized carbons (Fsp3) is 0.333. The summed E-state index contributed by atoms with van der Waals surface area (Å²) in [7, 11) is 1.97. The molecular weight excluding hydrogens is 488 g/mol. The van der Waals surface area contributed by atoms with Gasteiger partial charge < -0.3 is 15.2 Å². The van der Waals surface area contributed by atoms with E-state index in [1.54, 1.807) is 0 Å². The summed E-state index contributed by atoms with van der Waals surface area (Å²) >= 11 is 0. The van der Waals surface area contributed by atoms with Gasteiger partial charge in [-0.3, -0.25) is 14.3 Å². The number of aromatic nitrogens is 5. The van der Waals surface area contributed by atoms with Crippen LogP contribution in [0.15, 0.2) is 66.9 Å². The van der Waals surface area contributed by atoms with Crippen LogP contribution in [0.2, 0.25) is 0 Å². The summed E-state index contributed by atoms with van der Waals surface area (Å²) in [6, 6.07) is 20.7. The molecule has 0 aliphatic carbocycles. The van der Waals surface area contributed by atoms with E-state index in [9.17, 15) is 4.79 Å². The maximum atomic E-state index is 12.9. The van der Waals surface area contributed by atoms with Gasteiger partial charge in [0.25, 0.3) is 0 Å². The van der Waals surface area contributed by atoms with Crippen molar-refractivity contribution in [3.8, 4) is 5.82 Å². The van der Waals surface area contributed by atoms with E-state index in [0.29, 0.717) is 42.6 Å². The van der Waals surface area contributed by atoms with Crippen LogP contribution in [0.5, 0.6) is 0 Å². The summed E-state index contributed by atoms with van der Waals surface area (Å²) in [5, 5.41) is 16.3. The fourth-order valence-electron chi connectivity index (χ4n) is 5.15. The summed E-state index contributed by atoms with van der Waals surface area (Å²) in [4.78, 5) is 19.9. The van der Waals surface area contributed by atoms with Gasteiger partial charge in [0.15, 0.2) is 11.6 Å². The van der Waals surface area contributed by atoms with E-state index in [4.69, 9.17) is 0 Å². The number of anilines is 2. The highest BCUT2D eigenvalue weighted by molar-refractivity contribution is 5.90. The van der Waals surface area contributed by atoms with Gasteiger partial charge in [0.05, 0.1) is 23.0 Å². The molecule has 202 valence electrons. The summed E-state index contributed by atoms with van der Waals surface area (Å²) in [5.74, 6) is 1.99. The predicted octanol–water partition coefficient (Wildman–Crippen LogP) is 4.83. The van der Waals surface area contributed by atoms with Gasteiger partial charge in [-0.05, 0) is 63.6 Å². The molecule has 5 rings (SSSR count). The van der Waals surface area contributed by atoms with Gasteiger partial charge in [-0.1, -0.05) is 30.3 Å². The smallest absolute Gasteiger partial charge is 0.224 e. The Kier molecular flexibility index (Phi) is 7.60. The quantitative estimate of drug-likeness (QED) is 0.272. The Labute approximate surface area is 228 Å². The van der Waals surface area contributed by atoms with Crippen molar-refractivity contribution in [3.05, 3.63) is 72.4 Å². The van der Waals surface area contributed by atoms with E-state index in [1.807, 2.05) is 83.0 Å². The molecule has 0 spiro atoms. The highest BCUT2D eigenvalue weighted by Crippen LogP contribution is 2.25. The third kappa shape index (κ3) is 5.63. The molecule has 0 aliphatic rings. The zero-order valence-electron chi connectivity index (χ0n) is 23.2. The number of carbonyl (C=O) groups excluding carboxylic acids is 1. The third-order valence-electron chi connectivity index (χ3n) is 7.09. The van der Waals surface area contributed by atoms with Crippen LogP contribution in [0.4, 0.5) is 11.8 Å². The maximum absolute atomic E-state index is 12.9. The highest BCUT2D eigenvalue weighted by Gasteiger charge is 2.16. The van der Waals surface area contributed by atoms with Crippen LogP contribution in [-0.2, 0) is 18.3 Å². The van der Waals surface area contributed by atoms with Gasteiger partial charge in [0.1, 0.15) is 0 Å². The van der Waals surface area contributed by atoms with Crippen molar-refractivity contribution in [2.75, 3.05) is 18.4 Å². The van der Waals surface area contributed by atoms with Crippen LogP contribution in [0.1, 0.15) is 33.3 Å². The monoisotopic (exact) mass is 524 g/mol. The molecule has 0 bridgehead atoms. The first-order chi connectivity index (χ1) is 18.8. The van der Waals surface area contributed by atoms with E-state index in [1.165, 1.54) is 0 Å². The largest absolute Gasteiger partial charge is 0.355 e. The first kappa shape index (κ1) is 26.4. The van der Waals surface area contributed by atoms with Crippen LogP contribution in [0.3, 0.4) is 0 Å². The number of hydrogen-bond acceptors (Lipinski definition) is 6. The predicted molar refractivity (Wildman–Crippen MR) is 157 cm³/mol. The summed E-state index contributed by atoms with van der Waals surface area (Å²) < 4.78 is 3.98. The van der Waals surface area contributed by atoms with Crippen LogP contribution in [0.25, 0.3) is 27.8 Å². The molecule has 0 radical (unpaired) electrons. The van der Waals surface area contributed by atoms with E-state index in [2.05, 4.69) is 58.4 Å². The molecule has 5 aromatic rings. The second kappa shape index (κ2) is 11.2. The molecule has 2 N–H and O–H groups in total. The van der Waals surface area contributed by atoms with Crippen LogP contribution in [0, 0.1) is 0 Å². The molecule has 1 amide bonds. The molecule has 9 heteroatoms. The first-order valence-corrected chi connectivity index (χ1v) is 13.5. The molecule has 0 aliphatic heterocycles. The normalized spacial score (nSPS) is 11.8. The molecule has 39 heavy (non-hydrogen) atoms. The van der Waals surface area contributed by atoms with Crippen molar-refractivity contribution >= 4 is 39.6 Å². The highest BCUT2D eigenvalue weighted by atomic mass is 16.1. The molecule has 3 aromatic heterocycles. The number of para-hydroxylation sites is 3. The number of amides is 1. The Morgan fingerprint density at radius 1 is 0.923 bits per heavy atom. The van der Waals surface area contributed by atoms with E-state index >= 15 is 0 Å². The molecular formula is C30H36N8O. The van der Waals surface area contributed by atoms with Crippen LogP contribution in [-0.4, -0.2) is 60.3 Å². The maximum Gasteiger partial charge on any atom is 0.224 e. The van der Waals surface area contributed by atoms with Gasteiger partial charge in [-0.15, -0.1) is 10.2 Å². The number of nitrogens with zero attached hydrogens (tertiary/aromatic N) is 6. The van der Waals surface area contributed by atoms with E-state index < -0.39 is 0 Å². The lowest BCUT2D eigenvalue weighted by Gasteiger charge is -2.30. The molecule has 9 nitrogen and oxygen atoms in total. The van der Waals surface area contributed by atoms with Gasteiger partial charge in [0.2, 0.25) is 11.9 Å². The van der Waals surface area contributed by atoms with Crippen molar-refractivity contribution in [2.24, 2.45) is 7.05 Å². The second-order valence-corrected chi connectivity index (χ2v) is 10.4. The number of benzene rings is 2. The van der Waals surface area contributed by atoms with Gasteiger partial charge >= 0.3 is 0 Å². The standard InChI is InChI=1S/C30H36N8O/c1-20(2)37(21(3)4)17-16-31-29(39)18-22-19-38(25-12-8-6-10-23(22)25)28-15-14-27(34-35-28)33-30-32-24-11-7-9-13-26(24)36(30)5/h6-15,19-21H,16-18H2,1-5H3,(H,31,39)(H,32,33,34). The number of fused-ring (bicyclic) bond motifs is 2. The Morgan fingerprint density at radius 3 is 2.33 bits per heavy atom. The van der Waals surface area contributed by atoms with Crippen molar-refractivity contribution < 1.29 is 4.79 Å². The van der Waals surface area contributed by atoms with Crippen LogP contribution >= 0.6 is 0 Å². The number of rotatable bonds is 10. The molecule has 0 unspecified atom stereocenters. The average molecular weight is 525 g/mol. The van der Waals surface area contributed by atoms with Gasteiger partial charge in [-0.25, -0.2) is 4.98 Å². The fourth-order valence-corrected chi connectivity index (χ4v) is 5.15. The van der Waals surface area contributed by atoms with Crippen LogP contribution < -0.4 is 10.6 Å². The Morgan fingerprint density at radius 2 is 1.64 bits per heavy atom. The Hall–Kier alpha value is -4.24.